The quantitative estimate of drug-likeness (QED) is 0.696. The van der Waals surface area contributed by atoms with Crippen molar-refractivity contribution in [2.45, 2.75) is 33.3 Å². The molecule has 5 heteroatoms. The molecule has 5 nitrogen and oxygen atoms in total. The van der Waals surface area contributed by atoms with E-state index in [1.165, 1.54) is 5.56 Å². The molecule has 140 valence electrons. The zero-order chi connectivity index (χ0) is 18.9. The van der Waals surface area contributed by atoms with E-state index in [0.29, 0.717) is 25.3 Å². The van der Waals surface area contributed by atoms with Gasteiger partial charge in [0, 0.05) is 0 Å². The van der Waals surface area contributed by atoms with Crippen molar-refractivity contribution >= 4 is 5.91 Å². The van der Waals surface area contributed by atoms with Crippen LogP contribution in [0.25, 0.3) is 0 Å². The summed E-state index contributed by atoms with van der Waals surface area (Å²) in [5, 5.41) is 2.87. The van der Waals surface area contributed by atoms with Crippen LogP contribution in [-0.2, 0) is 4.79 Å². The van der Waals surface area contributed by atoms with Crippen LogP contribution in [0.5, 0.6) is 17.2 Å². The number of benzene rings is 2. The van der Waals surface area contributed by atoms with E-state index in [-0.39, 0.29) is 5.91 Å². The van der Waals surface area contributed by atoms with E-state index in [2.05, 4.69) is 5.32 Å². The summed E-state index contributed by atoms with van der Waals surface area (Å²) in [5.74, 6) is 2.09. The Labute approximate surface area is 155 Å². The number of carbonyl (C=O) groups excluding carboxylic acids is 1. The van der Waals surface area contributed by atoms with Crippen molar-refractivity contribution in [3.8, 4) is 17.2 Å². The second-order valence-electron chi connectivity index (χ2n) is 6.03. The van der Waals surface area contributed by atoms with Crippen LogP contribution in [0.2, 0.25) is 0 Å². The van der Waals surface area contributed by atoms with Gasteiger partial charge in [-0.2, -0.15) is 0 Å². The lowest BCUT2D eigenvalue weighted by atomic mass is 10.1. The number of hydrogen-bond donors (Lipinski definition) is 1. The van der Waals surface area contributed by atoms with E-state index >= 15 is 0 Å². The van der Waals surface area contributed by atoms with Gasteiger partial charge >= 0.3 is 0 Å². The fourth-order valence-corrected chi connectivity index (χ4v) is 2.47. The lowest BCUT2D eigenvalue weighted by Crippen LogP contribution is -2.39. The van der Waals surface area contributed by atoms with Crippen LogP contribution in [0.15, 0.2) is 42.5 Å². The molecule has 2 rings (SSSR count). The third-order valence-corrected chi connectivity index (χ3v) is 4.21. The molecule has 2 aromatic carbocycles. The average molecular weight is 357 g/mol. The van der Waals surface area contributed by atoms with E-state index in [9.17, 15) is 4.79 Å². The van der Waals surface area contributed by atoms with Gasteiger partial charge in [-0.3, -0.25) is 4.79 Å². The number of rotatable bonds is 9. The van der Waals surface area contributed by atoms with Gasteiger partial charge in [0.2, 0.25) is 0 Å². The minimum absolute atomic E-state index is 0.145. The summed E-state index contributed by atoms with van der Waals surface area (Å²) in [6.07, 6.45) is 0.0412. The minimum atomic E-state index is -0.538. The zero-order valence-electron chi connectivity index (χ0n) is 15.9. The van der Waals surface area contributed by atoms with Gasteiger partial charge in [-0.1, -0.05) is 19.1 Å². The van der Waals surface area contributed by atoms with Gasteiger partial charge in [-0.15, -0.1) is 0 Å². The molecular formula is C21H27NO4. The van der Waals surface area contributed by atoms with Crippen molar-refractivity contribution in [2.75, 3.05) is 20.3 Å². The molecule has 1 N–H and O–H groups in total. The second kappa shape index (κ2) is 9.70. The molecule has 0 unspecified atom stereocenters. The van der Waals surface area contributed by atoms with Crippen LogP contribution >= 0.6 is 0 Å². The standard InChI is InChI=1S/C21H27NO4/c1-5-19(26-18-11-9-17(24-4)10-12-18)21(23)22-13-14-25-20-8-6-7-15(2)16(20)3/h6-12,19H,5,13-14H2,1-4H3,(H,22,23)/t19-/m1/s1. The van der Waals surface area contributed by atoms with Gasteiger partial charge in [0.1, 0.15) is 23.9 Å². The first-order valence-electron chi connectivity index (χ1n) is 8.82. The Balaban J connectivity index is 1.80. The Morgan fingerprint density at radius 3 is 2.42 bits per heavy atom. The average Bonchev–Trinajstić information content (AvgIpc) is 2.66. The van der Waals surface area contributed by atoms with Crippen LogP contribution in [0, 0.1) is 13.8 Å². The summed E-state index contributed by atoms with van der Waals surface area (Å²) in [6, 6.07) is 13.1. The van der Waals surface area contributed by atoms with Gasteiger partial charge in [0.25, 0.3) is 5.91 Å². The summed E-state index contributed by atoms with van der Waals surface area (Å²) < 4.78 is 16.6. The number of aryl methyl sites for hydroxylation is 1. The van der Waals surface area contributed by atoms with Crippen molar-refractivity contribution in [3.05, 3.63) is 53.6 Å². The first-order chi connectivity index (χ1) is 12.5. The van der Waals surface area contributed by atoms with Crippen molar-refractivity contribution in [2.24, 2.45) is 0 Å². The van der Waals surface area contributed by atoms with Crippen LogP contribution in [0.3, 0.4) is 0 Å². The fraction of sp³-hybridized carbons (Fsp3) is 0.381. The lowest BCUT2D eigenvalue weighted by Gasteiger charge is -2.18. The topological polar surface area (TPSA) is 56.8 Å². The van der Waals surface area contributed by atoms with Gasteiger partial charge in [-0.05, 0) is 61.7 Å². The van der Waals surface area contributed by atoms with Crippen LogP contribution in [0.1, 0.15) is 24.5 Å². The van der Waals surface area contributed by atoms with Crippen molar-refractivity contribution in [1.82, 2.24) is 5.32 Å². The molecule has 0 bridgehead atoms. The van der Waals surface area contributed by atoms with E-state index in [4.69, 9.17) is 14.2 Å². The molecule has 0 saturated carbocycles. The smallest absolute Gasteiger partial charge is 0.261 e. The number of amides is 1. The number of hydrogen-bond acceptors (Lipinski definition) is 4. The number of nitrogens with one attached hydrogen (secondary N) is 1. The Kier molecular flexibility index (Phi) is 7.33. The molecule has 0 aliphatic carbocycles. The number of methoxy groups -OCH3 is 1. The van der Waals surface area contributed by atoms with E-state index < -0.39 is 6.10 Å². The van der Waals surface area contributed by atoms with Gasteiger partial charge in [0.05, 0.1) is 13.7 Å². The van der Waals surface area contributed by atoms with Crippen molar-refractivity contribution < 1.29 is 19.0 Å². The summed E-state index contributed by atoms with van der Waals surface area (Å²) >= 11 is 0. The molecule has 0 fully saturated rings. The maximum absolute atomic E-state index is 12.3. The first-order valence-corrected chi connectivity index (χ1v) is 8.82. The normalized spacial score (nSPS) is 11.5. The molecule has 0 heterocycles. The highest BCUT2D eigenvalue weighted by atomic mass is 16.5. The third kappa shape index (κ3) is 5.41. The Morgan fingerprint density at radius 2 is 1.77 bits per heavy atom. The van der Waals surface area contributed by atoms with E-state index in [1.54, 1.807) is 31.4 Å². The highest BCUT2D eigenvalue weighted by Gasteiger charge is 2.18. The zero-order valence-corrected chi connectivity index (χ0v) is 15.9. The Bertz CT molecular complexity index is 712. The fourth-order valence-electron chi connectivity index (χ4n) is 2.47. The van der Waals surface area contributed by atoms with Crippen molar-refractivity contribution in [1.29, 1.82) is 0 Å². The first kappa shape index (κ1) is 19.6. The van der Waals surface area contributed by atoms with Crippen LogP contribution < -0.4 is 19.5 Å². The Hall–Kier alpha value is -2.69. The van der Waals surface area contributed by atoms with Gasteiger partial charge in [-0.25, -0.2) is 0 Å². The summed E-state index contributed by atoms with van der Waals surface area (Å²) in [6.45, 7) is 6.83. The highest BCUT2D eigenvalue weighted by molar-refractivity contribution is 5.81. The molecule has 0 aliphatic rings. The highest BCUT2D eigenvalue weighted by Crippen LogP contribution is 2.20. The molecule has 2 aromatic rings. The SMILES string of the molecule is CC[C@@H](Oc1ccc(OC)cc1)C(=O)NCCOc1cccc(C)c1C. The second-order valence-corrected chi connectivity index (χ2v) is 6.03. The molecule has 0 radical (unpaired) electrons. The lowest BCUT2D eigenvalue weighted by molar-refractivity contribution is -0.128. The third-order valence-electron chi connectivity index (χ3n) is 4.21. The number of ether oxygens (including phenoxy) is 3. The predicted octanol–water partition coefficient (Wildman–Crippen LogP) is 3.66. The Morgan fingerprint density at radius 1 is 1.08 bits per heavy atom. The maximum Gasteiger partial charge on any atom is 0.261 e. The largest absolute Gasteiger partial charge is 0.497 e. The van der Waals surface area contributed by atoms with Gasteiger partial charge < -0.3 is 19.5 Å². The van der Waals surface area contributed by atoms with Crippen LogP contribution in [0.4, 0.5) is 0 Å². The maximum atomic E-state index is 12.3. The predicted molar refractivity (Wildman–Crippen MR) is 102 cm³/mol. The summed E-state index contributed by atoms with van der Waals surface area (Å²) in [5.41, 5.74) is 2.30. The number of carbonyl (C=O) groups is 1. The monoisotopic (exact) mass is 357 g/mol. The van der Waals surface area contributed by atoms with Crippen molar-refractivity contribution in [3.63, 3.8) is 0 Å². The molecule has 0 saturated heterocycles. The molecule has 1 amide bonds. The molecule has 0 aromatic heterocycles. The molecule has 0 spiro atoms. The summed E-state index contributed by atoms with van der Waals surface area (Å²) in [7, 11) is 1.61. The molecule has 26 heavy (non-hydrogen) atoms. The molecular weight excluding hydrogens is 330 g/mol. The molecule has 1 atom stereocenters. The minimum Gasteiger partial charge on any atom is -0.497 e. The van der Waals surface area contributed by atoms with Crippen LogP contribution in [-0.4, -0.2) is 32.3 Å². The van der Waals surface area contributed by atoms with E-state index in [1.807, 2.05) is 39.0 Å². The van der Waals surface area contributed by atoms with E-state index in [0.717, 1.165) is 17.1 Å². The van der Waals surface area contributed by atoms with Gasteiger partial charge in [0.15, 0.2) is 6.10 Å². The molecule has 0 aliphatic heterocycles. The summed E-state index contributed by atoms with van der Waals surface area (Å²) in [4.78, 5) is 12.3.